The van der Waals surface area contributed by atoms with Gasteiger partial charge in [0.15, 0.2) is 0 Å². The molecule has 1 N–H and O–H groups in total. The highest BCUT2D eigenvalue weighted by molar-refractivity contribution is 5.81. The van der Waals surface area contributed by atoms with Crippen molar-refractivity contribution in [2.75, 3.05) is 6.61 Å². The fraction of sp³-hybridized carbons (Fsp3) is 0.400. The zero-order valence-corrected chi connectivity index (χ0v) is 12.0. The molecule has 0 aromatic carbocycles. The summed E-state index contributed by atoms with van der Waals surface area (Å²) in [7, 11) is 1.87. The third kappa shape index (κ3) is 3.11. The van der Waals surface area contributed by atoms with E-state index in [0.29, 0.717) is 13.2 Å². The largest absolute Gasteiger partial charge is 0.368 e. The first-order valence-corrected chi connectivity index (χ1v) is 7.06. The molecular weight excluding hydrogens is 268 g/mol. The van der Waals surface area contributed by atoms with E-state index >= 15 is 0 Å². The van der Waals surface area contributed by atoms with Crippen LogP contribution in [0.1, 0.15) is 18.4 Å². The minimum atomic E-state index is -0.302. The van der Waals surface area contributed by atoms with Gasteiger partial charge in [-0.15, -0.1) is 0 Å². The third-order valence-corrected chi connectivity index (χ3v) is 3.54. The molecule has 0 spiro atoms. The molecule has 1 fully saturated rings. The second kappa shape index (κ2) is 6.05. The van der Waals surface area contributed by atoms with Crippen molar-refractivity contribution in [1.29, 1.82) is 0 Å². The van der Waals surface area contributed by atoms with Gasteiger partial charge < -0.3 is 10.1 Å². The fourth-order valence-electron chi connectivity index (χ4n) is 2.47. The maximum absolute atomic E-state index is 12.0. The van der Waals surface area contributed by atoms with Crippen LogP contribution in [-0.2, 0) is 23.1 Å². The summed E-state index contributed by atoms with van der Waals surface area (Å²) in [5, 5.41) is 7.09. The van der Waals surface area contributed by atoms with Gasteiger partial charge in [0.1, 0.15) is 6.10 Å². The van der Waals surface area contributed by atoms with Crippen molar-refractivity contribution < 1.29 is 9.53 Å². The van der Waals surface area contributed by atoms with E-state index in [9.17, 15) is 4.79 Å². The van der Waals surface area contributed by atoms with Crippen LogP contribution in [0.5, 0.6) is 0 Å². The number of hydrogen-bond acceptors (Lipinski definition) is 4. The molecule has 0 saturated carbocycles. The van der Waals surface area contributed by atoms with Gasteiger partial charge in [-0.3, -0.25) is 14.5 Å². The van der Waals surface area contributed by atoms with Crippen LogP contribution in [0.15, 0.2) is 30.7 Å². The van der Waals surface area contributed by atoms with Crippen molar-refractivity contribution in [1.82, 2.24) is 20.1 Å². The normalized spacial score (nSPS) is 17.9. The minimum absolute atomic E-state index is 0.0477. The first-order chi connectivity index (χ1) is 10.2. The van der Waals surface area contributed by atoms with E-state index in [-0.39, 0.29) is 12.0 Å². The molecule has 6 nitrogen and oxygen atoms in total. The SMILES string of the molecule is Cn1cc(-c2ncccc2CNC(=O)[C@H]2CCCO2)cn1. The molecular formula is C15H18N4O2. The summed E-state index contributed by atoms with van der Waals surface area (Å²) in [4.78, 5) is 16.4. The molecule has 1 saturated heterocycles. The molecule has 0 bridgehead atoms. The lowest BCUT2D eigenvalue weighted by Gasteiger charge is -2.12. The first-order valence-electron chi connectivity index (χ1n) is 7.06. The van der Waals surface area contributed by atoms with E-state index in [4.69, 9.17) is 4.74 Å². The predicted octanol–water partition coefficient (Wildman–Crippen LogP) is 1.28. The highest BCUT2D eigenvalue weighted by Gasteiger charge is 2.23. The number of ether oxygens (including phenoxy) is 1. The number of nitrogens with one attached hydrogen (secondary N) is 1. The number of nitrogens with zero attached hydrogens (tertiary/aromatic N) is 3. The maximum atomic E-state index is 12.0. The summed E-state index contributed by atoms with van der Waals surface area (Å²) in [5.41, 5.74) is 2.76. The lowest BCUT2D eigenvalue weighted by Crippen LogP contribution is -2.33. The summed E-state index contributed by atoms with van der Waals surface area (Å²) in [6.07, 6.45) is 6.87. The van der Waals surface area contributed by atoms with Gasteiger partial charge >= 0.3 is 0 Å². The van der Waals surface area contributed by atoms with E-state index < -0.39 is 0 Å². The summed E-state index contributed by atoms with van der Waals surface area (Å²) in [6.45, 7) is 1.11. The van der Waals surface area contributed by atoms with Gasteiger partial charge in [-0.25, -0.2) is 0 Å². The summed E-state index contributed by atoms with van der Waals surface area (Å²) >= 11 is 0. The highest BCUT2D eigenvalue weighted by Crippen LogP contribution is 2.20. The highest BCUT2D eigenvalue weighted by atomic mass is 16.5. The molecule has 1 aliphatic heterocycles. The number of aromatic nitrogens is 3. The molecule has 6 heteroatoms. The Kier molecular flexibility index (Phi) is 3.96. The summed E-state index contributed by atoms with van der Waals surface area (Å²) < 4.78 is 7.12. The molecule has 0 unspecified atom stereocenters. The van der Waals surface area contributed by atoms with Crippen LogP contribution in [0, 0.1) is 0 Å². The molecule has 3 rings (SSSR count). The number of amides is 1. The number of carbonyl (C=O) groups is 1. The van der Waals surface area contributed by atoms with E-state index in [1.54, 1.807) is 17.1 Å². The van der Waals surface area contributed by atoms with Crippen LogP contribution in [0.2, 0.25) is 0 Å². The Morgan fingerprint density at radius 1 is 1.57 bits per heavy atom. The molecule has 110 valence electrons. The van der Waals surface area contributed by atoms with Gasteiger partial charge in [-0.05, 0) is 24.5 Å². The number of rotatable bonds is 4. The van der Waals surface area contributed by atoms with Crippen LogP contribution in [0.25, 0.3) is 11.3 Å². The Balaban J connectivity index is 1.72. The van der Waals surface area contributed by atoms with E-state index in [0.717, 1.165) is 29.7 Å². The van der Waals surface area contributed by atoms with Gasteiger partial charge in [0.25, 0.3) is 0 Å². The van der Waals surface area contributed by atoms with Crippen molar-refractivity contribution >= 4 is 5.91 Å². The summed E-state index contributed by atoms with van der Waals surface area (Å²) in [5.74, 6) is -0.0477. The predicted molar refractivity (Wildman–Crippen MR) is 77.3 cm³/mol. The van der Waals surface area contributed by atoms with Crippen LogP contribution < -0.4 is 5.32 Å². The Bertz CT molecular complexity index is 632. The van der Waals surface area contributed by atoms with Crippen molar-refractivity contribution in [3.63, 3.8) is 0 Å². The zero-order valence-electron chi connectivity index (χ0n) is 12.0. The molecule has 0 aliphatic carbocycles. The molecule has 1 atom stereocenters. The lowest BCUT2D eigenvalue weighted by atomic mass is 10.1. The van der Waals surface area contributed by atoms with Gasteiger partial charge in [-0.1, -0.05) is 6.07 Å². The summed E-state index contributed by atoms with van der Waals surface area (Å²) in [6, 6.07) is 3.83. The number of aryl methyl sites for hydroxylation is 1. The van der Waals surface area contributed by atoms with Gasteiger partial charge in [0.2, 0.25) is 5.91 Å². The quantitative estimate of drug-likeness (QED) is 0.919. The van der Waals surface area contributed by atoms with Crippen LogP contribution >= 0.6 is 0 Å². The number of pyridine rings is 1. The van der Waals surface area contributed by atoms with Gasteiger partial charge in [-0.2, -0.15) is 5.10 Å². The van der Waals surface area contributed by atoms with Crippen molar-refractivity contribution in [3.8, 4) is 11.3 Å². The average Bonchev–Trinajstić information content (AvgIpc) is 3.16. The zero-order chi connectivity index (χ0) is 14.7. The monoisotopic (exact) mass is 286 g/mol. The Morgan fingerprint density at radius 2 is 2.48 bits per heavy atom. The molecule has 2 aromatic rings. The molecule has 1 aliphatic rings. The van der Waals surface area contributed by atoms with Crippen molar-refractivity contribution in [2.24, 2.45) is 7.05 Å². The van der Waals surface area contributed by atoms with Crippen LogP contribution in [0.4, 0.5) is 0 Å². The first kappa shape index (κ1) is 13.8. The molecule has 21 heavy (non-hydrogen) atoms. The van der Waals surface area contributed by atoms with E-state index in [2.05, 4.69) is 15.4 Å². The smallest absolute Gasteiger partial charge is 0.249 e. The van der Waals surface area contributed by atoms with Crippen LogP contribution in [-0.4, -0.2) is 33.4 Å². The van der Waals surface area contributed by atoms with Crippen LogP contribution in [0.3, 0.4) is 0 Å². The molecule has 1 amide bonds. The van der Waals surface area contributed by atoms with Crippen molar-refractivity contribution in [2.45, 2.75) is 25.5 Å². The Morgan fingerprint density at radius 3 is 3.19 bits per heavy atom. The standard InChI is InChI=1S/C15H18N4O2/c1-19-10-12(9-18-19)14-11(4-2-6-16-14)8-17-15(20)13-5-3-7-21-13/h2,4,6,9-10,13H,3,5,7-8H2,1H3,(H,17,20)/t13-/m1/s1. The van der Waals surface area contributed by atoms with Gasteiger partial charge in [0.05, 0.1) is 11.9 Å². The van der Waals surface area contributed by atoms with Gasteiger partial charge in [0, 0.05) is 38.2 Å². The van der Waals surface area contributed by atoms with Crippen molar-refractivity contribution in [3.05, 3.63) is 36.3 Å². The Hall–Kier alpha value is -2.21. The molecule has 0 radical (unpaired) electrons. The second-order valence-electron chi connectivity index (χ2n) is 5.13. The fourth-order valence-corrected chi connectivity index (χ4v) is 2.47. The molecule has 2 aromatic heterocycles. The number of hydrogen-bond donors (Lipinski definition) is 1. The second-order valence-corrected chi connectivity index (χ2v) is 5.13. The van der Waals surface area contributed by atoms with E-state index in [1.807, 2.05) is 25.4 Å². The Labute approximate surface area is 123 Å². The topological polar surface area (TPSA) is 69.0 Å². The number of carbonyl (C=O) groups excluding carboxylic acids is 1. The maximum Gasteiger partial charge on any atom is 0.249 e. The minimum Gasteiger partial charge on any atom is -0.368 e. The third-order valence-electron chi connectivity index (χ3n) is 3.54. The lowest BCUT2D eigenvalue weighted by molar-refractivity contribution is -0.130. The van der Waals surface area contributed by atoms with E-state index in [1.165, 1.54) is 0 Å². The average molecular weight is 286 g/mol. The molecule has 3 heterocycles.